The van der Waals surface area contributed by atoms with Gasteiger partial charge in [0.15, 0.2) is 0 Å². The van der Waals surface area contributed by atoms with E-state index in [0.29, 0.717) is 35.1 Å². The Kier molecular flexibility index (Phi) is 7.11. The van der Waals surface area contributed by atoms with Gasteiger partial charge in [0.2, 0.25) is 5.78 Å². The van der Waals surface area contributed by atoms with Gasteiger partial charge < -0.3 is 14.9 Å². The molecule has 1 N–H and O–H groups in total. The molecule has 2 aromatic carbocycles. The van der Waals surface area contributed by atoms with Crippen molar-refractivity contribution in [1.29, 1.82) is 0 Å². The second-order valence-corrected chi connectivity index (χ2v) is 10.5. The van der Waals surface area contributed by atoms with Crippen LogP contribution in [0.25, 0.3) is 11.5 Å². The third-order valence-corrected chi connectivity index (χ3v) is 8.09. The second kappa shape index (κ2) is 11.0. The number of piperidine rings is 2. The Hall–Kier alpha value is -4.04. The zero-order valence-electron chi connectivity index (χ0n) is 22.0. The molecule has 1 amide bonds. The first kappa shape index (κ1) is 25.2. The van der Waals surface area contributed by atoms with Gasteiger partial charge in [-0.25, -0.2) is 14.4 Å². The molecule has 0 aliphatic carbocycles. The first-order chi connectivity index (χ1) is 19.1. The van der Waals surface area contributed by atoms with Crippen LogP contribution < -0.4 is 10.8 Å². The maximum absolute atomic E-state index is 13.4. The standard InChI is InChI=1S/C31H33N5O3/c37-28(27-26(21-22-7-3-1-4-8-22)33-31-32-15-20-36(31)30(27)39)23-9-11-24(12-10-23)29(38)35-18-13-25(14-19-35)34-16-5-2-6-17-34/h1,3-4,7-12,15,20,25,37H,2,5-6,13-14,16-19,21H2. The fourth-order valence-electron chi connectivity index (χ4n) is 5.93. The number of carbonyl (C=O) groups excluding carboxylic acids is 1. The lowest BCUT2D eigenvalue weighted by Crippen LogP contribution is -2.48. The SMILES string of the molecule is O=C(c1ccc(C(O)=c2c(Cc3ccccc3)nc3nccn3c2=O)cc1)N1CCC(N2CCCCC2)CC1. The van der Waals surface area contributed by atoms with Crippen molar-refractivity contribution < 1.29 is 9.90 Å². The normalized spacial score (nSPS) is 17.9. The van der Waals surface area contributed by atoms with E-state index in [9.17, 15) is 14.7 Å². The fourth-order valence-corrected chi connectivity index (χ4v) is 5.93. The summed E-state index contributed by atoms with van der Waals surface area (Å²) in [6, 6.07) is 17.1. The molecule has 4 heterocycles. The largest absolute Gasteiger partial charge is 0.506 e. The zero-order valence-corrected chi connectivity index (χ0v) is 22.0. The van der Waals surface area contributed by atoms with Crippen molar-refractivity contribution in [3.8, 4) is 0 Å². The fraction of sp³-hybridized carbons (Fsp3) is 0.355. The van der Waals surface area contributed by atoms with E-state index in [0.717, 1.165) is 31.5 Å². The lowest BCUT2D eigenvalue weighted by Gasteiger charge is -2.40. The quantitative estimate of drug-likeness (QED) is 0.432. The molecule has 2 aromatic heterocycles. The Morgan fingerprint density at radius 2 is 1.59 bits per heavy atom. The molecule has 2 saturated heterocycles. The molecule has 2 aliphatic heterocycles. The smallest absolute Gasteiger partial charge is 0.270 e. The van der Waals surface area contributed by atoms with Crippen LogP contribution in [0.2, 0.25) is 0 Å². The van der Waals surface area contributed by atoms with Gasteiger partial charge in [0.05, 0.1) is 5.69 Å². The third kappa shape index (κ3) is 5.16. The molecule has 39 heavy (non-hydrogen) atoms. The van der Waals surface area contributed by atoms with Gasteiger partial charge in [-0.05, 0) is 56.5 Å². The number of aliphatic hydroxyl groups excluding tert-OH is 1. The Balaban J connectivity index is 1.25. The van der Waals surface area contributed by atoms with E-state index in [1.165, 1.54) is 42.9 Å². The maximum atomic E-state index is 13.4. The number of hydrogen-bond donors (Lipinski definition) is 1. The first-order valence-electron chi connectivity index (χ1n) is 13.9. The van der Waals surface area contributed by atoms with Crippen LogP contribution in [0.15, 0.2) is 71.8 Å². The molecular weight excluding hydrogens is 490 g/mol. The number of fused-ring (bicyclic) bond motifs is 1. The van der Waals surface area contributed by atoms with Crippen molar-refractivity contribution in [2.45, 2.75) is 44.6 Å². The van der Waals surface area contributed by atoms with Crippen molar-refractivity contribution in [2.75, 3.05) is 26.2 Å². The lowest BCUT2D eigenvalue weighted by molar-refractivity contribution is 0.0590. The minimum atomic E-state index is -0.377. The number of nitrogens with zero attached hydrogens (tertiary/aromatic N) is 5. The number of amides is 1. The summed E-state index contributed by atoms with van der Waals surface area (Å²) in [7, 11) is 0. The molecule has 8 heteroatoms. The molecule has 6 rings (SSSR count). The zero-order chi connectivity index (χ0) is 26.8. The molecule has 0 saturated carbocycles. The van der Waals surface area contributed by atoms with E-state index >= 15 is 0 Å². The number of aromatic nitrogens is 3. The maximum Gasteiger partial charge on any atom is 0.270 e. The number of likely N-dealkylation sites (tertiary alicyclic amines) is 2. The van der Waals surface area contributed by atoms with E-state index in [2.05, 4.69) is 14.9 Å². The molecule has 2 fully saturated rings. The first-order valence-corrected chi connectivity index (χ1v) is 13.9. The summed E-state index contributed by atoms with van der Waals surface area (Å²) >= 11 is 0. The Labute approximate surface area is 227 Å². The molecule has 8 nitrogen and oxygen atoms in total. The molecule has 0 radical (unpaired) electrons. The minimum absolute atomic E-state index is 0.00826. The third-order valence-electron chi connectivity index (χ3n) is 8.09. The highest BCUT2D eigenvalue weighted by Gasteiger charge is 2.28. The molecule has 0 unspecified atom stereocenters. The number of hydrogen-bond acceptors (Lipinski definition) is 6. The molecule has 0 atom stereocenters. The van der Waals surface area contributed by atoms with Gasteiger partial charge in [0, 0.05) is 49.1 Å². The van der Waals surface area contributed by atoms with Crippen molar-refractivity contribution in [1.82, 2.24) is 24.2 Å². The highest BCUT2D eigenvalue weighted by Crippen LogP contribution is 2.22. The summed E-state index contributed by atoms with van der Waals surface area (Å²) in [6.45, 7) is 3.89. The van der Waals surface area contributed by atoms with E-state index in [1.807, 2.05) is 35.2 Å². The summed E-state index contributed by atoms with van der Waals surface area (Å²) in [6.07, 6.45) is 9.36. The van der Waals surface area contributed by atoms with Crippen molar-refractivity contribution in [3.05, 3.63) is 105 Å². The van der Waals surface area contributed by atoms with E-state index in [1.54, 1.807) is 30.5 Å². The van der Waals surface area contributed by atoms with Crippen LogP contribution in [0.1, 0.15) is 59.3 Å². The molecule has 2 aliphatic rings. The predicted molar refractivity (Wildman–Crippen MR) is 150 cm³/mol. The highest BCUT2D eigenvalue weighted by atomic mass is 16.3. The average Bonchev–Trinajstić information content (AvgIpc) is 3.47. The topological polar surface area (TPSA) is 91.0 Å². The summed E-state index contributed by atoms with van der Waals surface area (Å²) in [4.78, 5) is 39.9. The molecule has 4 aromatic rings. The van der Waals surface area contributed by atoms with Gasteiger partial charge in [0.25, 0.3) is 11.5 Å². The van der Waals surface area contributed by atoms with Crippen LogP contribution in [0, 0.1) is 0 Å². The second-order valence-electron chi connectivity index (χ2n) is 10.5. The van der Waals surface area contributed by atoms with Crippen LogP contribution in [-0.2, 0) is 6.42 Å². The van der Waals surface area contributed by atoms with E-state index in [4.69, 9.17) is 0 Å². The van der Waals surface area contributed by atoms with Gasteiger partial charge in [-0.3, -0.25) is 9.59 Å². The van der Waals surface area contributed by atoms with Crippen molar-refractivity contribution in [3.63, 3.8) is 0 Å². The van der Waals surface area contributed by atoms with Crippen LogP contribution in [0.3, 0.4) is 0 Å². The van der Waals surface area contributed by atoms with E-state index in [-0.39, 0.29) is 22.4 Å². The summed E-state index contributed by atoms with van der Waals surface area (Å²) < 4.78 is 1.34. The minimum Gasteiger partial charge on any atom is -0.506 e. The molecule has 0 bridgehead atoms. The van der Waals surface area contributed by atoms with Gasteiger partial charge in [0.1, 0.15) is 11.0 Å². The van der Waals surface area contributed by atoms with Gasteiger partial charge in [-0.1, -0.05) is 48.9 Å². The lowest BCUT2D eigenvalue weighted by atomic mass is 9.99. The summed E-state index contributed by atoms with van der Waals surface area (Å²) in [5.41, 5.74) is 2.09. The van der Waals surface area contributed by atoms with Gasteiger partial charge in [-0.2, -0.15) is 0 Å². The van der Waals surface area contributed by atoms with Crippen LogP contribution >= 0.6 is 0 Å². The monoisotopic (exact) mass is 523 g/mol. The number of imidazole rings is 1. The molecule has 200 valence electrons. The van der Waals surface area contributed by atoms with Crippen LogP contribution in [0.4, 0.5) is 0 Å². The van der Waals surface area contributed by atoms with Crippen LogP contribution in [0.5, 0.6) is 0 Å². The Bertz CT molecular complexity index is 1570. The Morgan fingerprint density at radius 1 is 0.897 bits per heavy atom. The summed E-state index contributed by atoms with van der Waals surface area (Å²) in [5, 5.41) is 11.4. The van der Waals surface area contributed by atoms with Gasteiger partial charge in [-0.15, -0.1) is 0 Å². The number of benzene rings is 2. The number of rotatable bonds is 5. The molecular formula is C31H33N5O3. The molecule has 0 spiro atoms. The van der Waals surface area contributed by atoms with E-state index < -0.39 is 0 Å². The number of aliphatic hydroxyl groups is 1. The van der Waals surface area contributed by atoms with Crippen molar-refractivity contribution in [2.24, 2.45) is 0 Å². The highest BCUT2D eigenvalue weighted by molar-refractivity contribution is 5.94. The van der Waals surface area contributed by atoms with Gasteiger partial charge >= 0.3 is 0 Å². The summed E-state index contributed by atoms with van der Waals surface area (Å²) in [5.74, 6) is 0.150. The van der Waals surface area contributed by atoms with Crippen molar-refractivity contribution >= 4 is 17.4 Å². The average molecular weight is 524 g/mol. The predicted octanol–water partition coefficient (Wildman–Crippen LogP) is 3.20. The Morgan fingerprint density at radius 3 is 2.31 bits per heavy atom. The number of carbonyl (C=O) groups is 1. The van der Waals surface area contributed by atoms with Crippen LogP contribution in [-0.4, -0.2) is 67.4 Å².